The van der Waals surface area contributed by atoms with Gasteiger partial charge in [0.05, 0.1) is 21.2 Å². The van der Waals surface area contributed by atoms with Crippen LogP contribution in [0.25, 0.3) is 0 Å². The summed E-state index contributed by atoms with van der Waals surface area (Å²) >= 11 is 11.9. The first kappa shape index (κ1) is 14.1. The number of rotatable bonds is 1. The van der Waals surface area contributed by atoms with Gasteiger partial charge in [-0.3, -0.25) is 0 Å². The van der Waals surface area contributed by atoms with Crippen LogP contribution < -0.4 is 5.46 Å². The fourth-order valence-corrected chi connectivity index (χ4v) is 2.13. The van der Waals surface area contributed by atoms with E-state index in [1.54, 1.807) is 0 Å². The van der Waals surface area contributed by atoms with Crippen molar-refractivity contribution < 1.29 is 13.7 Å². The molecule has 0 aliphatic carbocycles. The van der Waals surface area contributed by atoms with E-state index in [0.717, 1.165) is 0 Å². The minimum atomic E-state index is -0.712. The lowest BCUT2D eigenvalue weighted by Gasteiger charge is -2.32. The standard InChI is InChI=1S/C12H14BCl2FO2/c1-11(2)12(3,4)18-13(17-11)8-5-7(16)6-9(14)10(8)15/h5-6H,1-4H3. The topological polar surface area (TPSA) is 18.5 Å². The molecule has 0 saturated carbocycles. The largest absolute Gasteiger partial charge is 0.496 e. The number of hydrogen-bond donors (Lipinski definition) is 0. The molecule has 98 valence electrons. The van der Waals surface area contributed by atoms with Gasteiger partial charge in [-0.1, -0.05) is 23.2 Å². The first-order valence-electron chi connectivity index (χ1n) is 5.64. The summed E-state index contributed by atoms with van der Waals surface area (Å²) in [6.07, 6.45) is 0. The van der Waals surface area contributed by atoms with E-state index in [1.165, 1.54) is 12.1 Å². The van der Waals surface area contributed by atoms with E-state index < -0.39 is 24.1 Å². The summed E-state index contributed by atoms with van der Waals surface area (Å²) < 4.78 is 25.0. The van der Waals surface area contributed by atoms with Crippen molar-refractivity contribution in [3.8, 4) is 0 Å². The molecule has 0 radical (unpaired) electrons. The summed E-state index contributed by atoms with van der Waals surface area (Å²) in [5, 5.41) is 0.415. The minimum absolute atomic E-state index is 0.154. The highest BCUT2D eigenvalue weighted by atomic mass is 35.5. The number of benzene rings is 1. The van der Waals surface area contributed by atoms with Crippen molar-refractivity contribution in [3.63, 3.8) is 0 Å². The van der Waals surface area contributed by atoms with Gasteiger partial charge in [-0.05, 0) is 39.8 Å². The highest BCUT2D eigenvalue weighted by Gasteiger charge is 2.52. The lowest BCUT2D eigenvalue weighted by Crippen LogP contribution is -2.41. The van der Waals surface area contributed by atoms with Crippen LogP contribution >= 0.6 is 23.2 Å². The van der Waals surface area contributed by atoms with Gasteiger partial charge in [0, 0.05) is 5.46 Å². The molecule has 0 spiro atoms. The zero-order valence-corrected chi connectivity index (χ0v) is 12.2. The molecule has 1 aromatic rings. The van der Waals surface area contributed by atoms with Crippen LogP contribution in [0.4, 0.5) is 4.39 Å². The number of halogens is 3. The minimum Gasteiger partial charge on any atom is -0.399 e. The predicted molar refractivity (Wildman–Crippen MR) is 72.1 cm³/mol. The third kappa shape index (κ3) is 2.27. The van der Waals surface area contributed by atoms with Gasteiger partial charge in [-0.25, -0.2) is 4.39 Å². The molecule has 2 rings (SSSR count). The first-order valence-corrected chi connectivity index (χ1v) is 6.40. The van der Waals surface area contributed by atoms with E-state index in [4.69, 9.17) is 32.5 Å². The zero-order valence-electron chi connectivity index (χ0n) is 10.7. The van der Waals surface area contributed by atoms with Crippen LogP contribution in [0.15, 0.2) is 12.1 Å². The van der Waals surface area contributed by atoms with Crippen LogP contribution in [-0.4, -0.2) is 18.3 Å². The Labute approximate surface area is 117 Å². The summed E-state index contributed by atoms with van der Waals surface area (Å²) in [5.41, 5.74) is -0.583. The zero-order chi connectivity index (χ0) is 13.7. The molecule has 1 fully saturated rings. The summed E-state index contributed by atoms with van der Waals surface area (Å²) in [6, 6.07) is 2.45. The normalized spacial score (nSPS) is 21.4. The smallest absolute Gasteiger partial charge is 0.399 e. The Bertz CT molecular complexity index is 475. The molecular formula is C12H14BCl2FO2. The highest BCUT2D eigenvalue weighted by molar-refractivity contribution is 6.66. The Kier molecular flexibility index (Phi) is 3.44. The summed E-state index contributed by atoms with van der Waals surface area (Å²) in [6.45, 7) is 7.67. The second-order valence-corrected chi connectivity index (χ2v) is 6.16. The van der Waals surface area contributed by atoms with Crippen molar-refractivity contribution in [2.75, 3.05) is 0 Å². The Hall–Kier alpha value is -0.285. The third-order valence-corrected chi connectivity index (χ3v) is 4.34. The van der Waals surface area contributed by atoms with E-state index >= 15 is 0 Å². The summed E-state index contributed by atoms with van der Waals surface area (Å²) in [7, 11) is -0.712. The SMILES string of the molecule is CC1(C)OB(c2cc(F)cc(Cl)c2Cl)OC1(C)C. The van der Waals surface area contributed by atoms with Crippen LogP contribution in [0.2, 0.25) is 10.0 Å². The van der Waals surface area contributed by atoms with Gasteiger partial charge in [-0.2, -0.15) is 0 Å². The maximum Gasteiger partial charge on any atom is 0.496 e. The van der Waals surface area contributed by atoms with E-state index in [2.05, 4.69) is 0 Å². The van der Waals surface area contributed by atoms with E-state index in [-0.39, 0.29) is 10.0 Å². The summed E-state index contributed by atoms with van der Waals surface area (Å²) in [5.74, 6) is -0.464. The molecule has 6 heteroatoms. The second kappa shape index (κ2) is 4.38. The van der Waals surface area contributed by atoms with Crippen molar-refractivity contribution >= 4 is 35.8 Å². The van der Waals surface area contributed by atoms with Crippen LogP contribution in [0.5, 0.6) is 0 Å². The van der Waals surface area contributed by atoms with Gasteiger partial charge in [-0.15, -0.1) is 0 Å². The van der Waals surface area contributed by atoms with E-state index in [0.29, 0.717) is 5.46 Å². The van der Waals surface area contributed by atoms with Crippen LogP contribution in [-0.2, 0) is 9.31 Å². The molecule has 0 atom stereocenters. The lowest BCUT2D eigenvalue weighted by molar-refractivity contribution is 0.00578. The number of hydrogen-bond acceptors (Lipinski definition) is 2. The van der Waals surface area contributed by atoms with E-state index in [1.807, 2.05) is 27.7 Å². The molecule has 0 unspecified atom stereocenters. The fourth-order valence-electron chi connectivity index (χ4n) is 1.72. The molecule has 1 aliphatic rings. The Morgan fingerprint density at radius 1 is 1.06 bits per heavy atom. The molecule has 0 aromatic heterocycles. The molecule has 0 bridgehead atoms. The van der Waals surface area contributed by atoms with Crippen LogP contribution in [0, 0.1) is 5.82 Å². The van der Waals surface area contributed by atoms with Gasteiger partial charge >= 0.3 is 7.12 Å². The maximum atomic E-state index is 13.4. The van der Waals surface area contributed by atoms with Gasteiger partial charge in [0.2, 0.25) is 0 Å². The van der Waals surface area contributed by atoms with Gasteiger partial charge in [0.15, 0.2) is 0 Å². The third-order valence-electron chi connectivity index (χ3n) is 3.53. The van der Waals surface area contributed by atoms with Crippen molar-refractivity contribution in [2.24, 2.45) is 0 Å². The molecule has 1 heterocycles. The molecule has 1 aliphatic heterocycles. The molecule has 0 amide bonds. The molecular weight excluding hydrogens is 277 g/mol. The lowest BCUT2D eigenvalue weighted by atomic mass is 9.79. The van der Waals surface area contributed by atoms with Gasteiger partial charge in [0.25, 0.3) is 0 Å². The predicted octanol–water partition coefficient (Wildman–Crippen LogP) is 3.43. The Morgan fingerprint density at radius 2 is 1.56 bits per heavy atom. The molecule has 2 nitrogen and oxygen atoms in total. The maximum absolute atomic E-state index is 13.4. The second-order valence-electron chi connectivity index (χ2n) is 5.38. The van der Waals surface area contributed by atoms with Crippen molar-refractivity contribution in [1.82, 2.24) is 0 Å². The quantitative estimate of drug-likeness (QED) is 0.583. The van der Waals surface area contributed by atoms with E-state index in [9.17, 15) is 4.39 Å². The molecule has 1 aromatic carbocycles. The van der Waals surface area contributed by atoms with Crippen molar-refractivity contribution in [1.29, 1.82) is 0 Å². The molecule has 1 saturated heterocycles. The van der Waals surface area contributed by atoms with Crippen molar-refractivity contribution in [3.05, 3.63) is 28.0 Å². The Balaban J connectivity index is 2.41. The van der Waals surface area contributed by atoms with Gasteiger partial charge in [0.1, 0.15) is 5.82 Å². The van der Waals surface area contributed by atoms with Gasteiger partial charge < -0.3 is 9.31 Å². The Morgan fingerprint density at radius 3 is 2.06 bits per heavy atom. The monoisotopic (exact) mass is 290 g/mol. The van der Waals surface area contributed by atoms with Crippen LogP contribution in [0.3, 0.4) is 0 Å². The van der Waals surface area contributed by atoms with Crippen LogP contribution in [0.1, 0.15) is 27.7 Å². The molecule has 18 heavy (non-hydrogen) atoms. The molecule has 0 N–H and O–H groups in total. The average Bonchev–Trinajstić information content (AvgIpc) is 2.42. The van der Waals surface area contributed by atoms with Crippen molar-refractivity contribution in [2.45, 2.75) is 38.9 Å². The fraction of sp³-hybridized carbons (Fsp3) is 0.500. The first-order chi connectivity index (χ1) is 8.14. The highest BCUT2D eigenvalue weighted by Crippen LogP contribution is 2.37. The average molecular weight is 291 g/mol. The summed E-state index contributed by atoms with van der Waals surface area (Å²) in [4.78, 5) is 0.